The van der Waals surface area contributed by atoms with Crippen LogP contribution in [0.25, 0.3) is 0 Å². The fourth-order valence-corrected chi connectivity index (χ4v) is 2.14. The summed E-state index contributed by atoms with van der Waals surface area (Å²) in [6.45, 7) is 5.38. The molecule has 1 heterocycles. The molecule has 0 N–H and O–H groups in total. The molecule has 1 aromatic heterocycles. The smallest absolute Gasteiger partial charge is 0.135 e. The molecule has 0 aliphatic carbocycles. The van der Waals surface area contributed by atoms with E-state index >= 15 is 0 Å². The van der Waals surface area contributed by atoms with Crippen LogP contribution in [-0.2, 0) is 13.2 Å². The molecule has 0 fully saturated rings. The lowest BCUT2D eigenvalue weighted by Gasteiger charge is -2.09. The lowest BCUT2D eigenvalue weighted by Crippen LogP contribution is -2.06. The number of rotatable bonds is 5. The summed E-state index contributed by atoms with van der Waals surface area (Å²) in [5.41, 5.74) is 2.96. The average molecular weight is 303 g/mol. The van der Waals surface area contributed by atoms with Crippen molar-refractivity contribution in [3.05, 3.63) is 47.3 Å². The largest absolute Gasteiger partial charge is 0.486 e. The summed E-state index contributed by atoms with van der Waals surface area (Å²) in [5.74, 6) is 7.48. The van der Waals surface area contributed by atoms with Gasteiger partial charge in [-0.25, -0.2) is 0 Å². The molecule has 0 bridgehead atoms. The normalized spacial score (nSPS) is 10.0. The number of halogens is 1. The third-order valence-electron chi connectivity index (χ3n) is 2.99. The second-order valence-corrected chi connectivity index (χ2v) is 5.00. The van der Waals surface area contributed by atoms with E-state index in [1.54, 1.807) is 0 Å². The fourth-order valence-electron chi connectivity index (χ4n) is 2.04. The van der Waals surface area contributed by atoms with Crippen LogP contribution in [0.2, 0.25) is 0 Å². The first-order valence-electron chi connectivity index (χ1n) is 7.04. The van der Waals surface area contributed by atoms with Gasteiger partial charge >= 0.3 is 0 Å². The number of para-hydroxylation sites is 1. The van der Waals surface area contributed by atoms with E-state index in [4.69, 9.17) is 16.3 Å². The van der Waals surface area contributed by atoms with Gasteiger partial charge in [0, 0.05) is 18.8 Å². The Morgan fingerprint density at radius 1 is 1.33 bits per heavy atom. The minimum absolute atomic E-state index is 0.489. The van der Waals surface area contributed by atoms with Crippen LogP contribution >= 0.6 is 11.6 Å². The van der Waals surface area contributed by atoms with Gasteiger partial charge < -0.3 is 4.74 Å². The molecule has 0 radical (unpaired) electrons. The molecule has 4 heteroatoms. The van der Waals surface area contributed by atoms with Crippen molar-refractivity contribution in [3.63, 3.8) is 0 Å². The van der Waals surface area contributed by atoms with E-state index in [1.807, 2.05) is 41.9 Å². The Labute approximate surface area is 130 Å². The first-order chi connectivity index (χ1) is 10.2. The number of hydrogen-bond acceptors (Lipinski definition) is 2. The van der Waals surface area contributed by atoms with E-state index in [9.17, 15) is 0 Å². The zero-order valence-corrected chi connectivity index (χ0v) is 13.2. The van der Waals surface area contributed by atoms with E-state index in [2.05, 4.69) is 23.9 Å². The quantitative estimate of drug-likeness (QED) is 0.621. The Morgan fingerprint density at radius 3 is 2.90 bits per heavy atom. The zero-order chi connectivity index (χ0) is 15.1. The van der Waals surface area contributed by atoms with E-state index in [-0.39, 0.29) is 0 Å². The molecule has 2 aromatic rings. The molecule has 0 saturated heterocycles. The highest BCUT2D eigenvalue weighted by molar-refractivity contribution is 6.18. The fraction of sp³-hybridized carbons (Fsp3) is 0.353. The van der Waals surface area contributed by atoms with Crippen molar-refractivity contribution in [1.82, 2.24) is 9.78 Å². The minimum atomic E-state index is 0.489. The first-order valence-corrected chi connectivity index (χ1v) is 7.58. The van der Waals surface area contributed by atoms with Crippen LogP contribution in [0, 0.1) is 18.8 Å². The average Bonchev–Trinajstić information content (AvgIpc) is 2.86. The van der Waals surface area contributed by atoms with Crippen LogP contribution in [0.5, 0.6) is 5.75 Å². The molecule has 0 amide bonds. The summed E-state index contributed by atoms with van der Waals surface area (Å²) in [6.07, 6.45) is 0.678. The number of hydrogen-bond donors (Lipinski definition) is 0. The van der Waals surface area contributed by atoms with E-state index < -0.39 is 0 Å². The zero-order valence-electron chi connectivity index (χ0n) is 12.4. The highest BCUT2D eigenvalue weighted by atomic mass is 35.5. The summed E-state index contributed by atoms with van der Waals surface area (Å²) in [6, 6.07) is 9.84. The Kier molecular flexibility index (Phi) is 5.71. The van der Waals surface area contributed by atoms with Crippen molar-refractivity contribution in [3.8, 4) is 17.6 Å². The molecule has 1 aromatic carbocycles. The predicted molar refractivity (Wildman–Crippen MR) is 85.6 cm³/mol. The van der Waals surface area contributed by atoms with Crippen LogP contribution < -0.4 is 4.74 Å². The maximum Gasteiger partial charge on any atom is 0.135 e. The summed E-state index contributed by atoms with van der Waals surface area (Å²) in [5, 5.41) is 4.42. The van der Waals surface area contributed by atoms with Gasteiger partial charge in [-0.2, -0.15) is 5.10 Å². The number of aryl methyl sites for hydroxylation is 2. The molecule has 0 unspecified atom stereocenters. The van der Waals surface area contributed by atoms with Gasteiger partial charge in [-0.3, -0.25) is 4.68 Å². The van der Waals surface area contributed by atoms with Crippen molar-refractivity contribution >= 4 is 11.6 Å². The second kappa shape index (κ2) is 7.75. The molecule has 2 rings (SSSR count). The summed E-state index contributed by atoms with van der Waals surface area (Å²) in [7, 11) is 0. The second-order valence-electron chi connectivity index (χ2n) is 4.62. The SMILES string of the molecule is CCn1nc(C)cc1COc1ccccc1C#CCCCl. The van der Waals surface area contributed by atoms with Crippen molar-refractivity contribution in [1.29, 1.82) is 0 Å². The van der Waals surface area contributed by atoms with Crippen LogP contribution in [0.3, 0.4) is 0 Å². The number of alkyl halides is 1. The molecule has 110 valence electrons. The van der Waals surface area contributed by atoms with Crippen molar-refractivity contribution in [2.75, 3.05) is 5.88 Å². The van der Waals surface area contributed by atoms with Gasteiger partial charge in [-0.1, -0.05) is 24.0 Å². The number of ether oxygens (including phenoxy) is 1. The molecule has 3 nitrogen and oxygen atoms in total. The van der Waals surface area contributed by atoms with Crippen LogP contribution in [0.15, 0.2) is 30.3 Å². The Morgan fingerprint density at radius 2 is 2.14 bits per heavy atom. The lowest BCUT2D eigenvalue weighted by atomic mass is 10.2. The monoisotopic (exact) mass is 302 g/mol. The lowest BCUT2D eigenvalue weighted by molar-refractivity contribution is 0.291. The topological polar surface area (TPSA) is 27.1 Å². The number of nitrogens with zero attached hydrogens (tertiary/aromatic N) is 2. The van der Waals surface area contributed by atoms with Gasteiger partial charge in [0.15, 0.2) is 0 Å². The Bertz CT molecular complexity index is 652. The highest BCUT2D eigenvalue weighted by Crippen LogP contribution is 2.18. The molecular weight excluding hydrogens is 284 g/mol. The van der Waals surface area contributed by atoms with Crippen molar-refractivity contribution in [2.45, 2.75) is 33.4 Å². The predicted octanol–water partition coefficient (Wildman–Crippen LogP) is 3.77. The Hall–Kier alpha value is -1.92. The molecule has 0 aliphatic heterocycles. The Balaban J connectivity index is 2.11. The summed E-state index contributed by atoms with van der Waals surface area (Å²) in [4.78, 5) is 0. The van der Waals surface area contributed by atoms with Gasteiger partial charge in [-0.05, 0) is 32.0 Å². The standard InChI is InChI=1S/C17H19ClN2O/c1-3-20-16(12-14(2)19-20)13-21-17-10-5-4-8-15(17)9-6-7-11-18/h4-5,8,10,12H,3,7,11,13H2,1-2H3. The van der Waals surface area contributed by atoms with Crippen LogP contribution in [0.1, 0.15) is 30.3 Å². The molecular formula is C17H19ClN2O. The van der Waals surface area contributed by atoms with Crippen LogP contribution in [-0.4, -0.2) is 15.7 Å². The van der Waals surface area contributed by atoms with Gasteiger partial charge in [0.25, 0.3) is 0 Å². The third kappa shape index (κ3) is 4.27. The van der Waals surface area contributed by atoms with Crippen LogP contribution in [0.4, 0.5) is 0 Å². The first kappa shape index (κ1) is 15.5. The van der Waals surface area contributed by atoms with Crippen molar-refractivity contribution in [2.24, 2.45) is 0 Å². The molecule has 0 saturated carbocycles. The van der Waals surface area contributed by atoms with E-state index in [0.717, 1.165) is 29.2 Å². The maximum atomic E-state index is 5.91. The van der Waals surface area contributed by atoms with Gasteiger partial charge in [0.05, 0.1) is 17.0 Å². The van der Waals surface area contributed by atoms with Gasteiger partial charge in [0.1, 0.15) is 12.4 Å². The molecule has 21 heavy (non-hydrogen) atoms. The van der Waals surface area contributed by atoms with Crippen molar-refractivity contribution < 1.29 is 4.74 Å². The maximum absolute atomic E-state index is 5.91. The highest BCUT2D eigenvalue weighted by Gasteiger charge is 2.06. The number of benzene rings is 1. The minimum Gasteiger partial charge on any atom is -0.486 e. The van der Waals surface area contributed by atoms with Gasteiger partial charge in [0.2, 0.25) is 0 Å². The van der Waals surface area contributed by atoms with E-state index in [0.29, 0.717) is 18.9 Å². The number of aromatic nitrogens is 2. The summed E-state index contributed by atoms with van der Waals surface area (Å²) >= 11 is 5.64. The van der Waals surface area contributed by atoms with E-state index in [1.165, 1.54) is 0 Å². The molecule has 0 aliphatic rings. The third-order valence-corrected chi connectivity index (χ3v) is 3.18. The molecule has 0 spiro atoms. The van der Waals surface area contributed by atoms with Gasteiger partial charge in [-0.15, -0.1) is 11.6 Å². The molecule has 0 atom stereocenters. The summed E-state index contributed by atoms with van der Waals surface area (Å²) < 4.78 is 7.87.